The molecule has 0 fully saturated rings. The molecule has 0 unspecified atom stereocenters. The molecule has 0 atom stereocenters. The van der Waals surface area contributed by atoms with E-state index in [1.807, 2.05) is 31.4 Å². The molecule has 0 saturated heterocycles. The van der Waals surface area contributed by atoms with Gasteiger partial charge in [0.25, 0.3) is 5.91 Å². The van der Waals surface area contributed by atoms with Crippen molar-refractivity contribution < 1.29 is 4.79 Å². The fourth-order valence-corrected chi connectivity index (χ4v) is 3.56. The highest BCUT2D eigenvalue weighted by atomic mass is 16.1. The summed E-state index contributed by atoms with van der Waals surface area (Å²) >= 11 is 0. The second-order valence-electron chi connectivity index (χ2n) is 7.38. The van der Waals surface area contributed by atoms with Crippen molar-refractivity contribution in [3.63, 3.8) is 0 Å². The van der Waals surface area contributed by atoms with Gasteiger partial charge in [0.05, 0.1) is 42.2 Å². The summed E-state index contributed by atoms with van der Waals surface area (Å²) in [5.74, 6) is 0.327. The summed E-state index contributed by atoms with van der Waals surface area (Å²) < 4.78 is 1.72. The van der Waals surface area contributed by atoms with Gasteiger partial charge < -0.3 is 16.0 Å². The molecule has 0 radical (unpaired) electrons. The molecule has 0 spiro atoms. The summed E-state index contributed by atoms with van der Waals surface area (Å²) in [4.78, 5) is 27.9. The molecule has 1 amide bonds. The van der Waals surface area contributed by atoms with Crippen molar-refractivity contribution >= 4 is 23.1 Å². The first-order chi connectivity index (χ1) is 15.1. The zero-order chi connectivity index (χ0) is 21.4. The number of rotatable bonds is 4. The zero-order valence-electron chi connectivity index (χ0n) is 16.9. The lowest BCUT2D eigenvalue weighted by Gasteiger charge is -2.15. The molecule has 0 bridgehead atoms. The Balaban J connectivity index is 1.31. The average Bonchev–Trinajstić information content (AvgIpc) is 3.41. The molecule has 154 valence electrons. The number of nitrogen functional groups attached to an aromatic ring is 1. The summed E-state index contributed by atoms with van der Waals surface area (Å²) in [6, 6.07) is 9.45. The van der Waals surface area contributed by atoms with Gasteiger partial charge in [-0.1, -0.05) is 12.1 Å². The van der Waals surface area contributed by atoms with Crippen LogP contribution in [0.4, 0.5) is 17.2 Å². The van der Waals surface area contributed by atoms with Crippen molar-refractivity contribution in [2.45, 2.75) is 13.1 Å². The molecule has 5 rings (SSSR count). The molecule has 1 aromatic carbocycles. The number of aromatic nitrogens is 5. The second kappa shape index (κ2) is 7.52. The second-order valence-corrected chi connectivity index (χ2v) is 7.38. The molecule has 9 heteroatoms. The van der Waals surface area contributed by atoms with Crippen LogP contribution in [0.25, 0.3) is 11.1 Å². The van der Waals surface area contributed by atoms with E-state index in [2.05, 4.69) is 36.3 Å². The first-order valence-corrected chi connectivity index (χ1v) is 9.76. The number of amides is 1. The van der Waals surface area contributed by atoms with Crippen molar-refractivity contribution in [1.29, 1.82) is 0 Å². The standard InChI is InChI=1S/C22H20N8O/c1-29-11-16(8-27-29)14-4-5-17(23)18(7-14)28-22(31)19-9-26-21(10-25-19)30-12-15-3-2-6-24-20(15)13-30/h2-11H,12-13,23H2,1H3,(H,28,31). The molecule has 1 aliphatic heterocycles. The number of nitrogens with zero attached hydrogens (tertiary/aromatic N) is 6. The molecular weight excluding hydrogens is 392 g/mol. The highest BCUT2D eigenvalue weighted by Crippen LogP contribution is 2.28. The van der Waals surface area contributed by atoms with E-state index < -0.39 is 0 Å². The third-order valence-electron chi connectivity index (χ3n) is 5.22. The number of pyridine rings is 1. The predicted molar refractivity (Wildman–Crippen MR) is 117 cm³/mol. The lowest BCUT2D eigenvalue weighted by Crippen LogP contribution is -2.19. The largest absolute Gasteiger partial charge is 0.397 e. The summed E-state index contributed by atoms with van der Waals surface area (Å²) in [7, 11) is 1.85. The van der Waals surface area contributed by atoms with Gasteiger partial charge in [-0.15, -0.1) is 0 Å². The van der Waals surface area contributed by atoms with Crippen LogP contribution in [0, 0.1) is 0 Å². The molecule has 9 nitrogen and oxygen atoms in total. The third kappa shape index (κ3) is 3.68. The number of hydrogen-bond donors (Lipinski definition) is 2. The van der Waals surface area contributed by atoms with Crippen molar-refractivity contribution in [3.05, 3.63) is 78.3 Å². The number of aryl methyl sites for hydroxylation is 1. The number of nitrogens with two attached hydrogens (primary N) is 1. The van der Waals surface area contributed by atoms with Crippen LogP contribution >= 0.6 is 0 Å². The normalized spacial score (nSPS) is 12.6. The molecule has 0 saturated carbocycles. The van der Waals surface area contributed by atoms with Gasteiger partial charge >= 0.3 is 0 Å². The van der Waals surface area contributed by atoms with Crippen LogP contribution in [0.3, 0.4) is 0 Å². The summed E-state index contributed by atoms with van der Waals surface area (Å²) in [5.41, 5.74) is 11.3. The fraction of sp³-hybridized carbons (Fsp3) is 0.136. The van der Waals surface area contributed by atoms with Gasteiger partial charge in [-0.3, -0.25) is 14.5 Å². The van der Waals surface area contributed by atoms with E-state index in [0.717, 1.165) is 23.4 Å². The monoisotopic (exact) mass is 412 g/mol. The Morgan fingerprint density at radius 3 is 2.71 bits per heavy atom. The molecule has 0 aliphatic carbocycles. The molecule has 3 aromatic heterocycles. The van der Waals surface area contributed by atoms with Crippen molar-refractivity contribution in [2.24, 2.45) is 7.05 Å². The number of carbonyl (C=O) groups is 1. The van der Waals surface area contributed by atoms with Crippen LogP contribution in [0.15, 0.2) is 61.3 Å². The molecule has 31 heavy (non-hydrogen) atoms. The maximum absolute atomic E-state index is 12.7. The van der Waals surface area contributed by atoms with Crippen molar-refractivity contribution in [1.82, 2.24) is 24.7 Å². The first-order valence-electron chi connectivity index (χ1n) is 9.76. The van der Waals surface area contributed by atoms with E-state index in [1.54, 1.807) is 29.3 Å². The van der Waals surface area contributed by atoms with E-state index in [-0.39, 0.29) is 11.6 Å². The topological polar surface area (TPSA) is 115 Å². The van der Waals surface area contributed by atoms with Crippen LogP contribution in [0.2, 0.25) is 0 Å². The van der Waals surface area contributed by atoms with Crippen molar-refractivity contribution in [2.75, 3.05) is 16.0 Å². The zero-order valence-corrected chi connectivity index (χ0v) is 16.9. The van der Waals surface area contributed by atoms with E-state index in [0.29, 0.717) is 23.7 Å². The van der Waals surface area contributed by atoms with E-state index in [1.165, 1.54) is 11.8 Å². The average molecular weight is 412 g/mol. The van der Waals surface area contributed by atoms with Gasteiger partial charge in [0.2, 0.25) is 0 Å². The predicted octanol–water partition coefficient (Wildman–Crippen LogP) is 2.63. The summed E-state index contributed by atoms with van der Waals surface area (Å²) in [5, 5.41) is 7.01. The SMILES string of the molecule is Cn1cc(-c2ccc(N)c(NC(=O)c3cnc(N4Cc5cccnc5C4)cn3)c2)cn1. The number of anilines is 3. The number of benzene rings is 1. The maximum Gasteiger partial charge on any atom is 0.275 e. The molecule has 1 aliphatic rings. The Kier molecular flexibility index (Phi) is 4.55. The van der Waals surface area contributed by atoms with Gasteiger partial charge in [-0.05, 0) is 29.3 Å². The van der Waals surface area contributed by atoms with Gasteiger partial charge in [0.1, 0.15) is 11.5 Å². The van der Waals surface area contributed by atoms with Crippen LogP contribution in [0.5, 0.6) is 0 Å². The van der Waals surface area contributed by atoms with Crippen LogP contribution in [-0.2, 0) is 20.1 Å². The van der Waals surface area contributed by atoms with E-state index in [9.17, 15) is 4.79 Å². The Bertz CT molecular complexity index is 1240. The Morgan fingerprint density at radius 1 is 1.06 bits per heavy atom. The third-order valence-corrected chi connectivity index (χ3v) is 5.22. The number of carbonyl (C=O) groups excluding carboxylic acids is 1. The van der Waals surface area contributed by atoms with E-state index in [4.69, 9.17) is 5.73 Å². The maximum atomic E-state index is 12.7. The fourth-order valence-electron chi connectivity index (χ4n) is 3.56. The smallest absolute Gasteiger partial charge is 0.275 e. The molecule has 4 aromatic rings. The molecular formula is C22H20N8O. The highest BCUT2D eigenvalue weighted by molar-refractivity contribution is 6.04. The van der Waals surface area contributed by atoms with Crippen LogP contribution in [-0.4, -0.2) is 30.6 Å². The minimum atomic E-state index is -0.375. The van der Waals surface area contributed by atoms with Crippen LogP contribution < -0.4 is 16.0 Å². The Hall–Kier alpha value is -4.27. The Labute approximate surface area is 178 Å². The van der Waals surface area contributed by atoms with E-state index >= 15 is 0 Å². The molecule has 3 N–H and O–H groups in total. The minimum absolute atomic E-state index is 0.213. The molecule has 4 heterocycles. The number of hydrogen-bond acceptors (Lipinski definition) is 7. The quantitative estimate of drug-likeness (QED) is 0.495. The van der Waals surface area contributed by atoms with Crippen molar-refractivity contribution in [3.8, 4) is 11.1 Å². The lowest BCUT2D eigenvalue weighted by molar-refractivity contribution is 0.102. The van der Waals surface area contributed by atoms with Gasteiger partial charge in [0.15, 0.2) is 0 Å². The lowest BCUT2D eigenvalue weighted by atomic mass is 10.1. The number of nitrogens with one attached hydrogen (secondary N) is 1. The van der Waals surface area contributed by atoms with Gasteiger partial charge in [-0.25, -0.2) is 9.97 Å². The summed E-state index contributed by atoms with van der Waals surface area (Å²) in [6.07, 6.45) is 8.52. The first kappa shape index (κ1) is 18.7. The highest BCUT2D eigenvalue weighted by Gasteiger charge is 2.21. The van der Waals surface area contributed by atoms with Gasteiger partial charge in [-0.2, -0.15) is 5.10 Å². The Morgan fingerprint density at radius 2 is 1.97 bits per heavy atom. The summed E-state index contributed by atoms with van der Waals surface area (Å²) in [6.45, 7) is 1.40. The minimum Gasteiger partial charge on any atom is -0.397 e. The number of fused-ring (bicyclic) bond motifs is 1. The van der Waals surface area contributed by atoms with Crippen LogP contribution in [0.1, 0.15) is 21.7 Å². The van der Waals surface area contributed by atoms with Gasteiger partial charge in [0, 0.05) is 31.5 Å².